The zero-order valence-corrected chi connectivity index (χ0v) is 36.6. The van der Waals surface area contributed by atoms with Crippen molar-refractivity contribution in [3.63, 3.8) is 0 Å². The van der Waals surface area contributed by atoms with Crippen molar-refractivity contribution in [2.75, 3.05) is 20.3 Å². The van der Waals surface area contributed by atoms with Crippen LogP contribution in [0.3, 0.4) is 0 Å². The van der Waals surface area contributed by atoms with Gasteiger partial charge in [0.1, 0.15) is 41.8 Å². The first-order chi connectivity index (χ1) is 29.6. The maximum Gasteiger partial charge on any atom is 0.407 e. The van der Waals surface area contributed by atoms with Gasteiger partial charge in [-0.25, -0.2) is 18.2 Å². The molecule has 1 unspecified atom stereocenters. The summed E-state index contributed by atoms with van der Waals surface area (Å²) in [7, 11) is -2.33. The fourth-order valence-electron chi connectivity index (χ4n) is 9.18. The average Bonchev–Trinajstić information content (AvgIpc) is 4.03. The number of hydrogen-bond donors (Lipinski definition) is 4. The Morgan fingerprint density at radius 1 is 1.10 bits per heavy atom. The molecule has 2 aliphatic heterocycles. The molecule has 4 bridgehead atoms. The Morgan fingerprint density at radius 3 is 2.55 bits per heavy atom. The number of alkyl carbamates (subject to hydrolysis) is 1. The molecule has 4 amide bonds. The highest BCUT2D eigenvalue weighted by Gasteiger charge is 2.62. The first-order valence-corrected chi connectivity index (χ1v) is 23.2. The Bertz CT molecular complexity index is 2360. The predicted molar refractivity (Wildman–Crippen MR) is 227 cm³/mol. The lowest BCUT2D eigenvalue weighted by molar-refractivity contribution is -0.142. The van der Waals surface area contributed by atoms with Gasteiger partial charge in [0, 0.05) is 35.6 Å². The molecule has 5 atom stereocenters. The van der Waals surface area contributed by atoms with Crippen LogP contribution in [0.1, 0.15) is 95.0 Å². The molecule has 1 saturated heterocycles. The van der Waals surface area contributed by atoms with Crippen molar-refractivity contribution in [2.45, 2.75) is 127 Å². The van der Waals surface area contributed by atoms with Gasteiger partial charge in [0.15, 0.2) is 0 Å². The third-order valence-electron chi connectivity index (χ3n) is 13.0. The molecular formula is C44H57N7O10S. The van der Waals surface area contributed by atoms with Gasteiger partial charge < -0.3 is 34.5 Å². The van der Waals surface area contributed by atoms with Crippen molar-refractivity contribution < 1.29 is 46.5 Å². The van der Waals surface area contributed by atoms with Crippen molar-refractivity contribution in [1.29, 1.82) is 0 Å². The Hall–Kier alpha value is -5.39. The molecule has 3 saturated carbocycles. The number of carbonyl (C=O) groups is 4. The van der Waals surface area contributed by atoms with Crippen LogP contribution in [0, 0.1) is 24.2 Å². The minimum Gasteiger partial charge on any atom is -0.496 e. The van der Waals surface area contributed by atoms with E-state index in [4.69, 9.17) is 23.9 Å². The van der Waals surface area contributed by atoms with Gasteiger partial charge in [0.2, 0.25) is 27.7 Å². The number of fused-ring (bicyclic) bond motifs is 3. The molecule has 8 rings (SSSR count). The highest BCUT2D eigenvalue weighted by atomic mass is 32.2. The van der Waals surface area contributed by atoms with Gasteiger partial charge in [-0.3, -0.25) is 24.2 Å². The molecule has 4 heterocycles. The van der Waals surface area contributed by atoms with E-state index in [1.165, 1.54) is 11.0 Å². The number of H-pyrrole nitrogens is 1. The van der Waals surface area contributed by atoms with E-state index in [2.05, 4.69) is 32.1 Å². The second-order valence-electron chi connectivity index (χ2n) is 18.4. The van der Waals surface area contributed by atoms with Crippen molar-refractivity contribution >= 4 is 44.7 Å². The summed E-state index contributed by atoms with van der Waals surface area (Å²) >= 11 is 0. The normalized spacial score (nSPS) is 26.7. The fourth-order valence-corrected chi connectivity index (χ4v) is 10.5. The van der Waals surface area contributed by atoms with E-state index in [9.17, 15) is 27.6 Å². The smallest absolute Gasteiger partial charge is 0.407 e. The Morgan fingerprint density at radius 2 is 1.87 bits per heavy atom. The summed E-state index contributed by atoms with van der Waals surface area (Å²) in [5.74, 6) is -1.41. The van der Waals surface area contributed by atoms with E-state index in [1.54, 1.807) is 13.2 Å². The van der Waals surface area contributed by atoms with Crippen molar-refractivity contribution in [3.8, 4) is 17.4 Å². The summed E-state index contributed by atoms with van der Waals surface area (Å²) in [6, 6.07) is 5.23. The molecule has 3 aromatic rings. The van der Waals surface area contributed by atoms with Crippen LogP contribution >= 0.6 is 0 Å². The maximum atomic E-state index is 14.9. The number of nitrogens with zero attached hydrogens (tertiary/aromatic N) is 3. The zero-order chi connectivity index (χ0) is 44.0. The van der Waals surface area contributed by atoms with Gasteiger partial charge in [0.25, 0.3) is 5.91 Å². The molecule has 334 valence electrons. The number of ether oxygens (including phenoxy) is 4. The summed E-state index contributed by atoms with van der Waals surface area (Å²) < 4.78 is 52.5. The van der Waals surface area contributed by atoms with Gasteiger partial charge in [-0.1, -0.05) is 32.8 Å². The van der Waals surface area contributed by atoms with Crippen LogP contribution in [0.5, 0.6) is 17.4 Å². The Balaban J connectivity index is 1.16. The second-order valence-corrected chi connectivity index (χ2v) is 20.4. The van der Waals surface area contributed by atoms with Crippen LogP contribution < -0.4 is 29.6 Å². The van der Waals surface area contributed by atoms with E-state index >= 15 is 0 Å². The topological polar surface area (TPSA) is 220 Å². The summed E-state index contributed by atoms with van der Waals surface area (Å²) in [6.45, 7) is 9.96. The minimum atomic E-state index is -3.93. The van der Waals surface area contributed by atoms with Crippen LogP contribution in [-0.4, -0.2) is 102 Å². The summed E-state index contributed by atoms with van der Waals surface area (Å²) in [5.41, 5.74) is 1.04. The third-order valence-corrected chi connectivity index (χ3v) is 14.8. The molecule has 18 heteroatoms. The number of aromatic amines is 1. The van der Waals surface area contributed by atoms with Crippen LogP contribution in [-0.2, 0) is 42.2 Å². The fraction of sp³-hybridized carbons (Fsp3) is 0.591. The quantitative estimate of drug-likeness (QED) is 0.196. The molecule has 4 N–H and O–H groups in total. The van der Waals surface area contributed by atoms with E-state index in [-0.39, 0.29) is 44.4 Å². The Kier molecular flexibility index (Phi) is 11.9. The molecule has 62 heavy (non-hydrogen) atoms. The molecule has 17 nitrogen and oxygen atoms in total. The molecular weight excluding hydrogens is 819 g/mol. The van der Waals surface area contributed by atoms with Gasteiger partial charge in [0.05, 0.1) is 36.7 Å². The van der Waals surface area contributed by atoms with Crippen LogP contribution in [0.25, 0.3) is 10.9 Å². The maximum absolute atomic E-state index is 14.9. The first-order valence-electron chi connectivity index (χ1n) is 21.6. The van der Waals surface area contributed by atoms with E-state index in [1.807, 2.05) is 39.0 Å². The largest absolute Gasteiger partial charge is 0.496 e. The number of aromatic nitrogens is 3. The Labute approximate surface area is 361 Å². The van der Waals surface area contributed by atoms with Crippen LogP contribution in [0.4, 0.5) is 4.79 Å². The molecule has 3 aliphatic carbocycles. The van der Waals surface area contributed by atoms with Gasteiger partial charge in [-0.2, -0.15) is 5.10 Å². The molecule has 0 radical (unpaired) electrons. The molecule has 5 aliphatic rings. The van der Waals surface area contributed by atoms with Crippen LogP contribution in [0.15, 0.2) is 36.9 Å². The number of rotatable bonds is 11. The monoisotopic (exact) mass is 875 g/mol. The number of cyclic esters (lactones) is 1. The number of sulfonamides is 1. The number of nitrogens with one attached hydrogen (secondary N) is 4. The van der Waals surface area contributed by atoms with Gasteiger partial charge >= 0.3 is 6.09 Å². The standard InChI is InChI=1S/C44H57N7O10S/c1-6-28-21-44(28,41(54)50-62(56,57)31-13-14-31)47-39(52)34-18-30-22-51(34)40(53)38(26-10-7-8-11-26)46-42(55)60-24-43(3,4)15-9-12-27-17-32-33(19-35(27)58-5)45-37(20-36(32)61-30)59-23-29-16-25(2)48-49-29/h6,16-17,19-20,26,28,30-31,34,38H,1,7-15,18,21-24H2,2-5H3,(H,46,55)(H,47,52)(H,48,49)(H,50,54)/t28-,30-,34+,38+,44?/m1/s1. The number of aryl methyl sites for hydroxylation is 2. The SMILES string of the molecule is C=C[C@@H]1CC1(NC(=O)[C@@H]1C[C@@H]2CN1C(=O)[C@H](C1CCCC1)NC(=O)OCC(C)(C)CCCc1cc3c(cc(OCc4cc(C)[nH]n4)nc3cc1OC)O2)C(=O)NS(=O)(=O)C1CC1. The number of hydrogen-bond acceptors (Lipinski definition) is 12. The summed E-state index contributed by atoms with van der Waals surface area (Å²) in [5, 5.41) is 13.0. The average molecular weight is 876 g/mol. The summed E-state index contributed by atoms with van der Waals surface area (Å²) in [6.07, 6.45) is 6.37. The molecule has 1 aromatic carbocycles. The van der Waals surface area contributed by atoms with E-state index in [0.29, 0.717) is 60.2 Å². The molecule has 2 aromatic heterocycles. The van der Waals surface area contributed by atoms with Crippen molar-refractivity contribution in [1.82, 2.24) is 35.4 Å². The highest BCUT2D eigenvalue weighted by Crippen LogP contribution is 2.46. The lowest BCUT2D eigenvalue weighted by Crippen LogP contribution is -2.59. The minimum absolute atomic E-state index is 0.0139. The predicted octanol–water partition coefficient (Wildman–Crippen LogP) is 4.52. The number of benzene rings is 1. The van der Waals surface area contributed by atoms with E-state index < -0.39 is 74.1 Å². The number of amides is 4. The van der Waals surface area contributed by atoms with Crippen molar-refractivity contribution in [3.05, 3.63) is 53.9 Å². The van der Waals surface area contributed by atoms with E-state index in [0.717, 1.165) is 36.9 Å². The first kappa shape index (κ1) is 43.3. The number of methoxy groups -OCH3 is 1. The summed E-state index contributed by atoms with van der Waals surface area (Å²) in [4.78, 5) is 63.1. The number of carbonyl (C=O) groups excluding carboxylic acids is 4. The highest BCUT2D eigenvalue weighted by molar-refractivity contribution is 7.91. The lowest BCUT2D eigenvalue weighted by atomic mass is 9.87. The van der Waals surface area contributed by atoms with Gasteiger partial charge in [-0.15, -0.1) is 6.58 Å². The lowest BCUT2D eigenvalue weighted by Gasteiger charge is -2.32. The van der Waals surface area contributed by atoms with Crippen LogP contribution in [0.2, 0.25) is 0 Å². The molecule has 4 fully saturated rings. The zero-order valence-electron chi connectivity index (χ0n) is 35.8. The third kappa shape index (κ3) is 9.20. The molecule has 0 spiro atoms. The van der Waals surface area contributed by atoms with Crippen molar-refractivity contribution in [2.24, 2.45) is 17.3 Å². The van der Waals surface area contributed by atoms with Gasteiger partial charge in [-0.05, 0) is 87.3 Å². The number of pyridine rings is 1. The second kappa shape index (κ2) is 17.1.